The minimum absolute atomic E-state index is 0.0313. The minimum Gasteiger partial charge on any atom is -0.391 e. The topological polar surface area (TPSA) is 23.5 Å². The molecule has 1 unspecified atom stereocenters. The van der Waals surface area contributed by atoms with E-state index >= 15 is 0 Å². The normalized spacial score (nSPS) is 22.3. The van der Waals surface area contributed by atoms with Crippen molar-refractivity contribution in [3.05, 3.63) is 0 Å². The molecule has 0 amide bonds. The Bertz CT molecular complexity index is 162. The van der Waals surface area contributed by atoms with Crippen LogP contribution in [-0.4, -0.2) is 34.7 Å². The van der Waals surface area contributed by atoms with Gasteiger partial charge in [-0.2, -0.15) is 0 Å². The van der Waals surface area contributed by atoms with E-state index in [1.165, 1.54) is 19.3 Å². The van der Waals surface area contributed by atoms with Gasteiger partial charge in [-0.25, -0.2) is 0 Å². The van der Waals surface area contributed by atoms with Gasteiger partial charge in [0.05, 0.1) is 6.10 Å². The van der Waals surface area contributed by atoms with Gasteiger partial charge in [0.15, 0.2) is 0 Å². The largest absolute Gasteiger partial charge is 0.391 e. The number of likely N-dealkylation sites (tertiary alicyclic amines) is 1. The second-order valence-corrected chi connectivity index (χ2v) is 5.01. The van der Waals surface area contributed by atoms with Crippen molar-refractivity contribution < 1.29 is 5.11 Å². The third-order valence-corrected chi connectivity index (χ3v) is 3.55. The molecule has 1 heterocycles. The van der Waals surface area contributed by atoms with E-state index in [9.17, 15) is 5.11 Å². The van der Waals surface area contributed by atoms with E-state index in [4.69, 9.17) is 0 Å². The zero-order valence-electron chi connectivity index (χ0n) is 9.92. The van der Waals surface area contributed by atoms with E-state index < -0.39 is 0 Å². The predicted molar refractivity (Wildman–Crippen MR) is 60.4 cm³/mol. The molecule has 0 spiro atoms. The summed E-state index contributed by atoms with van der Waals surface area (Å²) >= 11 is 0. The molecule has 2 heteroatoms. The quantitative estimate of drug-likeness (QED) is 0.751. The third kappa shape index (κ3) is 2.71. The van der Waals surface area contributed by atoms with Crippen molar-refractivity contribution in [1.82, 2.24) is 4.90 Å². The molecule has 14 heavy (non-hydrogen) atoms. The van der Waals surface area contributed by atoms with Gasteiger partial charge >= 0.3 is 0 Å². The van der Waals surface area contributed by atoms with Crippen LogP contribution in [0.5, 0.6) is 0 Å². The van der Waals surface area contributed by atoms with Gasteiger partial charge in [0.2, 0.25) is 0 Å². The van der Waals surface area contributed by atoms with Crippen LogP contribution < -0.4 is 0 Å². The maximum absolute atomic E-state index is 10.1. The van der Waals surface area contributed by atoms with E-state index in [0.29, 0.717) is 0 Å². The number of aliphatic hydroxyl groups excluding tert-OH is 1. The first-order valence-electron chi connectivity index (χ1n) is 6.02. The molecule has 1 fully saturated rings. The van der Waals surface area contributed by atoms with Crippen LogP contribution in [0, 0.1) is 0 Å². The fourth-order valence-corrected chi connectivity index (χ4v) is 2.31. The molecule has 1 aliphatic rings. The van der Waals surface area contributed by atoms with Gasteiger partial charge in [0.25, 0.3) is 0 Å². The van der Waals surface area contributed by atoms with Crippen molar-refractivity contribution in [3.8, 4) is 0 Å². The molecule has 1 atom stereocenters. The number of aliphatic hydroxyl groups is 1. The van der Waals surface area contributed by atoms with Crippen molar-refractivity contribution in [1.29, 1.82) is 0 Å². The van der Waals surface area contributed by atoms with Crippen molar-refractivity contribution in [2.75, 3.05) is 13.1 Å². The highest BCUT2D eigenvalue weighted by Crippen LogP contribution is 2.25. The summed E-state index contributed by atoms with van der Waals surface area (Å²) < 4.78 is 0. The molecule has 0 aromatic carbocycles. The predicted octanol–water partition coefficient (Wildman–Crippen LogP) is 2.41. The third-order valence-electron chi connectivity index (χ3n) is 3.55. The molecule has 0 saturated carbocycles. The van der Waals surface area contributed by atoms with Gasteiger partial charge in [-0.05, 0) is 46.2 Å². The molecule has 2 nitrogen and oxygen atoms in total. The molecule has 1 aliphatic heterocycles. The first kappa shape index (κ1) is 12.0. The monoisotopic (exact) mass is 199 g/mol. The molecule has 0 bridgehead atoms. The lowest BCUT2D eigenvalue weighted by Gasteiger charge is -2.44. The Kier molecular flexibility index (Phi) is 4.39. The van der Waals surface area contributed by atoms with E-state index in [0.717, 1.165) is 25.9 Å². The lowest BCUT2D eigenvalue weighted by molar-refractivity contribution is -0.0233. The molecule has 0 aromatic heterocycles. The fraction of sp³-hybridized carbons (Fsp3) is 1.00. The Balaban J connectivity index is 2.52. The number of hydrogen-bond acceptors (Lipinski definition) is 2. The lowest BCUT2D eigenvalue weighted by Crippen LogP contribution is -2.54. The summed E-state index contributed by atoms with van der Waals surface area (Å²) in [4.78, 5) is 2.46. The lowest BCUT2D eigenvalue weighted by atomic mass is 9.90. The summed E-state index contributed by atoms with van der Waals surface area (Å²) in [6.45, 7) is 8.81. The van der Waals surface area contributed by atoms with E-state index in [1.54, 1.807) is 0 Å². The van der Waals surface area contributed by atoms with E-state index in [2.05, 4.69) is 25.7 Å². The number of hydrogen-bond donors (Lipinski definition) is 1. The summed E-state index contributed by atoms with van der Waals surface area (Å²) in [6, 6.07) is 0. The van der Waals surface area contributed by atoms with Crippen LogP contribution in [0.15, 0.2) is 0 Å². The average molecular weight is 199 g/mol. The van der Waals surface area contributed by atoms with Crippen molar-refractivity contribution in [2.24, 2.45) is 0 Å². The number of rotatable bonds is 4. The van der Waals surface area contributed by atoms with Gasteiger partial charge in [0.1, 0.15) is 0 Å². The molecular formula is C12H25NO. The van der Waals surface area contributed by atoms with E-state index in [1.807, 2.05) is 0 Å². The van der Waals surface area contributed by atoms with Crippen molar-refractivity contribution >= 4 is 0 Å². The van der Waals surface area contributed by atoms with Crippen LogP contribution in [-0.2, 0) is 0 Å². The van der Waals surface area contributed by atoms with Gasteiger partial charge < -0.3 is 5.11 Å². The van der Waals surface area contributed by atoms with Crippen LogP contribution >= 0.6 is 0 Å². The molecular weight excluding hydrogens is 174 g/mol. The molecule has 0 aromatic rings. The number of piperidine rings is 1. The van der Waals surface area contributed by atoms with Crippen LogP contribution in [0.25, 0.3) is 0 Å². The smallest absolute Gasteiger partial charge is 0.0718 e. The molecule has 84 valence electrons. The van der Waals surface area contributed by atoms with Crippen LogP contribution in [0.2, 0.25) is 0 Å². The molecule has 0 radical (unpaired) electrons. The molecule has 0 aliphatic carbocycles. The summed E-state index contributed by atoms with van der Waals surface area (Å²) in [6.07, 6.45) is 5.76. The highest BCUT2D eigenvalue weighted by atomic mass is 16.3. The summed E-state index contributed by atoms with van der Waals surface area (Å²) in [7, 11) is 0. The molecule has 1 rings (SSSR count). The molecule has 1 saturated heterocycles. The maximum atomic E-state index is 10.1. The van der Waals surface area contributed by atoms with Gasteiger partial charge in [-0.1, -0.05) is 19.8 Å². The van der Waals surface area contributed by atoms with Crippen LogP contribution in [0.3, 0.4) is 0 Å². The van der Waals surface area contributed by atoms with Crippen molar-refractivity contribution in [2.45, 2.75) is 64.5 Å². The standard InChI is InChI=1S/C12H25NO/c1-4-8-11(14)12(2,3)13-9-6-5-7-10-13/h11,14H,4-10H2,1-3H3. The maximum Gasteiger partial charge on any atom is 0.0718 e. The first-order chi connectivity index (χ1) is 6.59. The summed E-state index contributed by atoms with van der Waals surface area (Å²) in [5.41, 5.74) is -0.0313. The Morgan fingerprint density at radius 2 is 1.79 bits per heavy atom. The van der Waals surface area contributed by atoms with Gasteiger partial charge in [-0.15, -0.1) is 0 Å². The summed E-state index contributed by atoms with van der Waals surface area (Å²) in [5, 5.41) is 10.1. The SMILES string of the molecule is CCCC(O)C(C)(C)N1CCCCC1. The van der Waals surface area contributed by atoms with E-state index in [-0.39, 0.29) is 11.6 Å². The minimum atomic E-state index is -0.175. The van der Waals surface area contributed by atoms with Crippen LogP contribution in [0.1, 0.15) is 52.9 Å². The highest BCUT2D eigenvalue weighted by molar-refractivity contribution is 4.89. The molecule has 1 N–H and O–H groups in total. The van der Waals surface area contributed by atoms with Crippen LogP contribution in [0.4, 0.5) is 0 Å². The Hall–Kier alpha value is -0.0800. The first-order valence-corrected chi connectivity index (χ1v) is 6.02. The fourth-order valence-electron chi connectivity index (χ4n) is 2.31. The highest BCUT2D eigenvalue weighted by Gasteiger charge is 2.33. The van der Waals surface area contributed by atoms with Crippen molar-refractivity contribution in [3.63, 3.8) is 0 Å². The number of nitrogens with zero attached hydrogens (tertiary/aromatic N) is 1. The average Bonchev–Trinajstić information content (AvgIpc) is 2.19. The second kappa shape index (κ2) is 5.13. The Labute approximate surface area is 88.3 Å². The zero-order chi connectivity index (χ0) is 10.6. The Morgan fingerprint density at radius 1 is 1.21 bits per heavy atom. The summed E-state index contributed by atoms with van der Waals surface area (Å²) in [5.74, 6) is 0. The van der Waals surface area contributed by atoms with Gasteiger partial charge in [0, 0.05) is 5.54 Å². The zero-order valence-corrected chi connectivity index (χ0v) is 9.92. The van der Waals surface area contributed by atoms with Gasteiger partial charge in [-0.3, -0.25) is 4.90 Å². The second-order valence-electron chi connectivity index (χ2n) is 5.01. The Morgan fingerprint density at radius 3 is 2.29 bits per heavy atom.